The van der Waals surface area contributed by atoms with Crippen LogP contribution in [0, 0.1) is 47.3 Å². The van der Waals surface area contributed by atoms with Crippen molar-refractivity contribution in [1.29, 1.82) is 0 Å². The Kier molecular flexibility index (Phi) is 91.3. The molecule has 0 aliphatic carbocycles. The smallest absolute Gasteiger partial charge is 0.333 e. The fourth-order valence-electron chi connectivity index (χ4n) is 23.1. The van der Waals surface area contributed by atoms with Crippen molar-refractivity contribution in [2.45, 2.75) is 706 Å². The Labute approximate surface area is 914 Å². The fraction of sp³-hybridized carbons (Fsp3) is 0.902. The molecule has 2 saturated heterocycles. The summed E-state index contributed by atoms with van der Waals surface area (Å²) in [7, 11) is 0. The van der Waals surface area contributed by atoms with Crippen LogP contribution in [0.5, 0.6) is 0 Å². The minimum atomic E-state index is -1.92. The fourth-order valence-corrected chi connectivity index (χ4v) is 23.1. The van der Waals surface area contributed by atoms with Crippen molar-refractivity contribution in [3.8, 4) is 0 Å². The van der Waals surface area contributed by atoms with Gasteiger partial charge in [0.05, 0.1) is 6.61 Å². The predicted octanol–water partition coefficient (Wildman–Crippen LogP) is 38.3. The molecular weight excluding hydrogens is 1840 g/mol. The summed E-state index contributed by atoms with van der Waals surface area (Å²) < 4.78 is 52.2. The molecule has 3 N–H and O–H groups in total. The summed E-state index contributed by atoms with van der Waals surface area (Å²) in [6.07, 6.45) is 90.9. The average Bonchev–Trinajstić information content (AvgIpc) is 0.769. The van der Waals surface area contributed by atoms with E-state index in [1.807, 2.05) is 24.3 Å². The van der Waals surface area contributed by atoms with E-state index in [0.29, 0.717) is 41.2 Å². The second-order valence-corrected chi connectivity index (χ2v) is 48.2. The first kappa shape index (κ1) is 140. The van der Waals surface area contributed by atoms with Gasteiger partial charge in [-0.25, -0.2) is 19.2 Å². The van der Waals surface area contributed by atoms with Gasteiger partial charge in [0.25, 0.3) is 0 Å². The van der Waals surface area contributed by atoms with E-state index in [9.17, 15) is 29.7 Å². The van der Waals surface area contributed by atoms with E-state index in [1.54, 1.807) is 27.7 Å². The van der Waals surface area contributed by atoms with E-state index in [4.69, 9.17) is 37.9 Å². The summed E-state index contributed by atoms with van der Waals surface area (Å²) in [5.41, 5.74) is 1.18. The largest absolute Gasteiger partial charge is 0.459 e. The van der Waals surface area contributed by atoms with Gasteiger partial charge in [0.1, 0.15) is 31.0 Å². The maximum absolute atomic E-state index is 15.1. The van der Waals surface area contributed by atoms with Crippen molar-refractivity contribution in [2.24, 2.45) is 47.3 Å². The molecule has 18 atom stereocenters. The number of rotatable bonds is 103. The second kappa shape index (κ2) is 96.4. The number of allylic oxidation sites excluding steroid dienone is 4. The third kappa shape index (κ3) is 75.1. The van der Waals surface area contributed by atoms with Gasteiger partial charge in [0, 0.05) is 28.7 Å². The molecule has 0 spiro atoms. The lowest BCUT2D eigenvalue weighted by atomic mass is 9.91. The number of esters is 5. The van der Waals surface area contributed by atoms with Crippen LogP contribution in [-0.4, -0.2) is 120 Å². The first-order valence-corrected chi connectivity index (χ1v) is 64.4. The van der Waals surface area contributed by atoms with Crippen molar-refractivity contribution in [2.75, 3.05) is 13.2 Å². The Hall–Kier alpha value is -3.93. The van der Waals surface area contributed by atoms with Crippen molar-refractivity contribution < 1.29 is 77.2 Å². The lowest BCUT2D eigenvalue weighted by Gasteiger charge is -2.47. The van der Waals surface area contributed by atoms with Gasteiger partial charge in [-0.15, -0.1) is 0 Å². The Bertz CT molecular complexity index is 3230. The van der Waals surface area contributed by atoms with E-state index < -0.39 is 104 Å². The molecule has 0 aromatic carbocycles. The minimum absolute atomic E-state index is 0.00185. The van der Waals surface area contributed by atoms with Crippen LogP contribution in [0.3, 0.4) is 0 Å². The normalized spacial score (nSPS) is 20.2. The SMILES string of the molecule is CCCCCCCCCCCCCCCCCCCC[C@H](C)C[C@H](C)/C=C(\C)C(=O)O[C@@H]1C(CO)O[C@H](O[C@H]2OC(COC(=O)/C(C)=C/[C@@H](C)C[C@@H](C)CCCCCCCCCCCCCCCC)[C@@H](O)C(OC(=O)/C(C)=C/[C@@H](C)C[C@@H](C)CCCCCCCCCCCCCCCC)[C@H]2OC(=O)CCCCCCCCCCCCCCC)[C@@H](OC(=O)/C(C)=C/[C@@H](C)C[C@@H](C)CCCCCCCCCCCCCCCC)C1O. The van der Waals surface area contributed by atoms with Gasteiger partial charge >= 0.3 is 29.8 Å². The predicted molar refractivity (Wildman–Crippen MR) is 623 cm³/mol. The number of carbonyl (C=O) groups excluding carboxylic acids is 5. The monoisotopic (exact) mass is 2090 g/mol. The highest BCUT2D eigenvalue weighted by atomic mass is 16.8. The molecule has 0 aromatic rings. The Balaban J connectivity index is 2.69. The van der Waals surface area contributed by atoms with Crippen LogP contribution in [-0.2, 0) is 61.9 Å². The molecule has 4 unspecified atom stereocenters. The maximum Gasteiger partial charge on any atom is 0.333 e. The van der Waals surface area contributed by atoms with Gasteiger partial charge in [-0.3, -0.25) is 4.79 Å². The van der Waals surface area contributed by atoms with Crippen LogP contribution >= 0.6 is 0 Å². The molecule has 16 nitrogen and oxygen atoms in total. The van der Waals surface area contributed by atoms with E-state index in [-0.39, 0.29) is 41.2 Å². The highest BCUT2D eigenvalue weighted by Crippen LogP contribution is 2.37. The molecule has 0 amide bonds. The molecule has 2 aliphatic heterocycles. The van der Waals surface area contributed by atoms with Crippen molar-refractivity contribution in [3.05, 3.63) is 46.6 Å². The summed E-state index contributed by atoms with van der Waals surface area (Å²) >= 11 is 0. The van der Waals surface area contributed by atoms with Crippen LogP contribution in [0.2, 0.25) is 0 Å². The zero-order valence-corrected chi connectivity index (χ0v) is 100. The topological polar surface area (TPSA) is 220 Å². The number of aliphatic hydroxyl groups is 3. The molecule has 0 bridgehead atoms. The Morgan fingerprint density at radius 3 is 0.709 bits per heavy atom. The lowest BCUT2D eigenvalue weighted by Crippen LogP contribution is -2.66. The van der Waals surface area contributed by atoms with E-state index in [1.165, 1.54) is 411 Å². The quantitative estimate of drug-likeness (QED) is 0.0223. The first-order valence-electron chi connectivity index (χ1n) is 64.4. The molecule has 2 heterocycles. The summed E-state index contributed by atoms with van der Waals surface area (Å²) in [6.45, 7) is 34.2. The van der Waals surface area contributed by atoms with Crippen LogP contribution in [0.25, 0.3) is 0 Å². The number of unbranched alkanes of at least 4 members (excludes halogenated alkanes) is 68. The number of aliphatic hydroxyl groups excluding tert-OH is 3. The maximum atomic E-state index is 15.1. The number of hydrogen-bond acceptors (Lipinski definition) is 16. The standard InChI is InChI=1S/C132H244O16/c1-18-23-28-33-38-43-48-53-57-58-59-60-65-69-74-79-82-87-92-107(7)97-111(11)101-115(15)128(138)145-123-118(104-133)142-131(125(122(123)136)147-130(140)117(17)103-113(13)99-109(9)94-89-84-78-73-68-64-56-51-46-41-36-31-26-21-4)148-132-126(144-120(134)95-90-85-80-75-70-61-52-47-42-37-32-27-22-5)124(146-129(139)116(16)102-112(12)98-108(8)93-88-83-77-72-67-63-55-50-45-40-35-30-25-20-3)121(135)119(143-132)105-141-127(137)114(14)100-110(10)96-106(6)91-86-81-76-71-66-62-54-49-44-39-34-29-24-19-2/h100-103,106-113,118-119,121-126,131-133,135-136H,18-99,104-105H2,1-17H3/b114-100+,115-101+,116-102+,117-103+/t106-,107-,108-,109-,110-,111-,112-,113-,118?,119?,121+,122?,123+,124?,125-,126+,131+,132+/m0/s1. The first-order chi connectivity index (χ1) is 71.7. The summed E-state index contributed by atoms with van der Waals surface area (Å²) in [5.74, 6) is -2.17. The third-order valence-corrected chi connectivity index (χ3v) is 32.3. The summed E-state index contributed by atoms with van der Waals surface area (Å²) in [5, 5.41) is 37.5. The van der Waals surface area contributed by atoms with Crippen molar-refractivity contribution >= 4 is 29.8 Å². The van der Waals surface area contributed by atoms with Crippen molar-refractivity contribution in [1.82, 2.24) is 0 Å². The zero-order valence-electron chi connectivity index (χ0n) is 100. The van der Waals surface area contributed by atoms with Gasteiger partial charge in [0.2, 0.25) is 12.6 Å². The lowest BCUT2D eigenvalue weighted by molar-refractivity contribution is -0.377. The molecule has 2 rings (SSSR count). The number of carbonyl (C=O) groups is 5. The molecule has 148 heavy (non-hydrogen) atoms. The summed E-state index contributed by atoms with van der Waals surface area (Å²) in [4.78, 5) is 74.1. The minimum Gasteiger partial charge on any atom is -0.459 e. The molecule has 2 fully saturated rings. The molecule has 0 saturated carbocycles. The van der Waals surface area contributed by atoms with E-state index >= 15 is 9.59 Å². The van der Waals surface area contributed by atoms with Crippen molar-refractivity contribution in [3.63, 3.8) is 0 Å². The Morgan fingerprint density at radius 1 is 0.250 bits per heavy atom. The molecule has 868 valence electrons. The molecule has 0 aromatic heterocycles. The van der Waals surface area contributed by atoms with Gasteiger partial charge in [-0.1, -0.05) is 602 Å². The van der Waals surface area contributed by atoms with Gasteiger partial charge in [-0.05, 0) is 107 Å². The average molecular weight is 2090 g/mol. The van der Waals surface area contributed by atoms with Crippen LogP contribution < -0.4 is 0 Å². The highest BCUT2D eigenvalue weighted by molar-refractivity contribution is 5.89. The molecule has 16 heteroatoms. The van der Waals surface area contributed by atoms with Crippen LogP contribution in [0.4, 0.5) is 0 Å². The van der Waals surface area contributed by atoms with Crippen LogP contribution in [0.1, 0.15) is 644 Å². The molecule has 0 radical (unpaired) electrons. The number of ether oxygens (including phenoxy) is 8. The second-order valence-electron chi connectivity index (χ2n) is 48.2. The third-order valence-electron chi connectivity index (χ3n) is 32.3. The number of hydrogen-bond donors (Lipinski definition) is 3. The van der Waals surface area contributed by atoms with E-state index in [0.717, 1.165) is 103 Å². The Morgan fingerprint density at radius 2 is 0.459 bits per heavy atom. The summed E-state index contributed by atoms with van der Waals surface area (Å²) in [6, 6.07) is 0. The molecular formula is C132H244O16. The van der Waals surface area contributed by atoms with Gasteiger partial charge in [-0.2, -0.15) is 0 Å². The van der Waals surface area contributed by atoms with E-state index in [2.05, 4.69) is 90.0 Å². The van der Waals surface area contributed by atoms with Crippen LogP contribution in [0.15, 0.2) is 46.6 Å². The molecule has 2 aliphatic rings. The zero-order chi connectivity index (χ0) is 108. The van der Waals surface area contributed by atoms with Gasteiger partial charge < -0.3 is 53.2 Å². The van der Waals surface area contributed by atoms with Gasteiger partial charge in [0.15, 0.2) is 24.4 Å². The highest BCUT2D eigenvalue weighted by Gasteiger charge is 2.56.